The first-order valence-electron chi connectivity index (χ1n) is 12.0. The maximum Gasteiger partial charge on any atom is 0.0897 e. The summed E-state index contributed by atoms with van der Waals surface area (Å²) in [5.41, 5.74) is 0. The topological polar surface area (TPSA) is 109 Å². The molecule has 0 saturated carbocycles. The Bertz CT molecular complexity index is 468. The highest BCUT2D eigenvalue weighted by molar-refractivity contribution is 4.87. The summed E-state index contributed by atoms with van der Waals surface area (Å²) >= 11 is 0. The largest absolute Gasteiger partial charge is 0.395 e. The van der Waals surface area contributed by atoms with Gasteiger partial charge in [-0.15, -0.1) is 0 Å². The molecule has 0 aromatic rings. The molecule has 4 bridgehead atoms. The van der Waals surface area contributed by atoms with Crippen LogP contribution >= 0.6 is 0 Å². The van der Waals surface area contributed by atoms with Crippen LogP contribution in [0, 0.1) is 0 Å². The average Bonchev–Trinajstić information content (AvgIpc) is 3.12. The fraction of sp³-hybridized carbons (Fsp3) is 1.00. The van der Waals surface area contributed by atoms with E-state index in [0.717, 1.165) is 85.1 Å². The van der Waals surface area contributed by atoms with Gasteiger partial charge in [-0.05, 0) is 0 Å². The van der Waals surface area contributed by atoms with Crippen molar-refractivity contribution >= 4 is 0 Å². The van der Waals surface area contributed by atoms with Crippen molar-refractivity contribution in [2.24, 2.45) is 0 Å². The van der Waals surface area contributed by atoms with Crippen molar-refractivity contribution in [2.75, 3.05) is 118 Å². The van der Waals surface area contributed by atoms with Gasteiger partial charge < -0.3 is 25.7 Å². The molecule has 0 amide bonds. The normalized spacial score (nSPS) is 38.3. The highest BCUT2D eigenvalue weighted by Gasteiger charge is 2.30. The molecule has 2 atom stereocenters. The van der Waals surface area contributed by atoms with Gasteiger partial charge in [-0.25, -0.2) is 0 Å². The lowest BCUT2D eigenvalue weighted by Crippen LogP contribution is -2.61. The Kier molecular flexibility index (Phi) is 10.9. The molecular formula is C21H44N6O4. The van der Waals surface area contributed by atoms with E-state index in [0.29, 0.717) is 19.2 Å². The van der Waals surface area contributed by atoms with Crippen molar-refractivity contribution in [3.8, 4) is 0 Å². The predicted molar refractivity (Wildman–Crippen MR) is 120 cm³/mol. The number of rotatable bonds is 4. The van der Waals surface area contributed by atoms with E-state index in [1.165, 1.54) is 13.1 Å². The van der Waals surface area contributed by atoms with Crippen molar-refractivity contribution in [1.29, 1.82) is 0 Å². The van der Waals surface area contributed by atoms with Gasteiger partial charge in [-0.2, -0.15) is 0 Å². The highest BCUT2D eigenvalue weighted by atomic mass is 16.3. The molecule has 0 spiro atoms. The van der Waals surface area contributed by atoms with E-state index in [1.807, 2.05) is 0 Å². The van der Waals surface area contributed by atoms with Gasteiger partial charge in [0.25, 0.3) is 0 Å². The van der Waals surface area contributed by atoms with Crippen molar-refractivity contribution in [3.05, 3.63) is 0 Å². The number of hydrogen-bond donors (Lipinski definition) is 5. The zero-order chi connectivity index (χ0) is 22.1. The predicted octanol–water partition coefficient (Wildman–Crippen LogP) is -3.80. The second-order valence-corrected chi connectivity index (χ2v) is 9.32. The molecule has 10 heteroatoms. The van der Waals surface area contributed by atoms with Crippen LogP contribution in [-0.2, 0) is 0 Å². The van der Waals surface area contributed by atoms with Gasteiger partial charge in [0, 0.05) is 111 Å². The zero-order valence-corrected chi connectivity index (χ0v) is 19.0. The maximum atomic E-state index is 9.39. The fourth-order valence-corrected chi connectivity index (χ4v) is 4.96. The molecule has 0 aliphatic carbocycles. The minimum Gasteiger partial charge on any atom is -0.395 e. The van der Waals surface area contributed by atoms with E-state index < -0.39 is 6.10 Å². The summed E-state index contributed by atoms with van der Waals surface area (Å²) in [7, 11) is 0. The molecule has 7 heterocycles. The van der Waals surface area contributed by atoms with Crippen LogP contribution in [0.5, 0.6) is 0 Å². The van der Waals surface area contributed by atoms with E-state index in [4.69, 9.17) is 15.3 Å². The summed E-state index contributed by atoms with van der Waals surface area (Å²) in [6, 6.07) is 0.433. The van der Waals surface area contributed by atoms with Crippen molar-refractivity contribution in [2.45, 2.75) is 18.2 Å². The quantitative estimate of drug-likeness (QED) is 0.296. The van der Waals surface area contributed by atoms with Gasteiger partial charge in [0.05, 0.1) is 25.4 Å². The summed E-state index contributed by atoms with van der Waals surface area (Å²) in [5, 5.41) is 39.2. The van der Waals surface area contributed by atoms with Crippen LogP contribution in [0.4, 0.5) is 0 Å². The SMILES string of the molecule is OC1CN2CCN(CC2)C1.OCC(O)CN1CCNCC1.OCC1CN2CCN1CC2. The average molecular weight is 445 g/mol. The number of β-amino-alcohol motifs (C(OH)–C–C–N with tert-alkyl or cyclic N) is 1. The number of piperazine rings is 5. The van der Waals surface area contributed by atoms with Gasteiger partial charge in [-0.3, -0.25) is 24.5 Å². The lowest BCUT2D eigenvalue weighted by molar-refractivity contribution is -0.0104. The minimum absolute atomic E-state index is 0.106. The summed E-state index contributed by atoms with van der Waals surface area (Å²) in [4.78, 5) is 11.7. The molecule has 0 aromatic heterocycles. The zero-order valence-electron chi connectivity index (χ0n) is 19.0. The van der Waals surface area contributed by atoms with E-state index in [9.17, 15) is 5.11 Å². The number of nitrogens with zero attached hydrogens (tertiary/aromatic N) is 5. The number of nitrogens with one attached hydrogen (secondary N) is 1. The van der Waals surface area contributed by atoms with Gasteiger partial charge in [0.2, 0.25) is 0 Å². The smallest absolute Gasteiger partial charge is 0.0897 e. The Morgan fingerprint density at radius 2 is 1.26 bits per heavy atom. The summed E-state index contributed by atoms with van der Waals surface area (Å²) in [5.74, 6) is 0. The third-order valence-corrected chi connectivity index (χ3v) is 6.90. The Morgan fingerprint density at radius 3 is 1.68 bits per heavy atom. The lowest BCUT2D eigenvalue weighted by atomic mass is 10.1. The van der Waals surface area contributed by atoms with Crippen LogP contribution in [0.3, 0.4) is 0 Å². The van der Waals surface area contributed by atoms with E-state index in [-0.39, 0.29) is 12.7 Å². The molecule has 7 aliphatic heterocycles. The Balaban J connectivity index is 0.000000132. The first kappa shape index (κ1) is 25.2. The number of aliphatic hydroxyl groups is 4. The Hall–Kier alpha value is -0.400. The van der Waals surface area contributed by atoms with Gasteiger partial charge in [0.15, 0.2) is 0 Å². The van der Waals surface area contributed by atoms with Gasteiger partial charge in [0.1, 0.15) is 0 Å². The van der Waals surface area contributed by atoms with E-state index in [2.05, 4.69) is 29.8 Å². The first-order chi connectivity index (χ1) is 15.1. The van der Waals surface area contributed by atoms with Crippen molar-refractivity contribution in [1.82, 2.24) is 29.8 Å². The molecule has 7 aliphatic rings. The third-order valence-electron chi connectivity index (χ3n) is 6.90. The van der Waals surface area contributed by atoms with Crippen LogP contribution in [0.25, 0.3) is 0 Å². The van der Waals surface area contributed by atoms with Gasteiger partial charge in [-0.1, -0.05) is 0 Å². The Morgan fingerprint density at radius 1 is 0.742 bits per heavy atom. The standard InChI is InChI=1S/C7H16N2O2.2C7H14N2O/c10-6-7(11)5-9-3-1-8-2-4-9;10-6-7-5-8-1-3-9(7)4-2-8;10-7-5-8-1-2-9(6-7)4-3-8/h7-8,10-11H,1-6H2;2*7,10H,1-6H2. The number of aliphatic hydroxyl groups excluding tert-OH is 4. The third kappa shape index (κ3) is 8.47. The van der Waals surface area contributed by atoms with Crippen LogP contribution in [0.1, 0.15) is 0 Å². The van der Waals surface area contributed by atoms with Crippen LogP contribution < -0.4 is 5.32 Å². The molecule has 182 valence electrons. The molecule has 7 rings (SSSR count). The summed E-state index contributed by atoms with van der Waals surface area (Å²) in [6.45, 7) is 16.9. The van der Waals surface area contributed by atoms with Crippen LogP contribution in [-0.4, -0.2) is 181 Å². The second kappa shape index (κ2) is 13.3. The van der Waals surface area contributed by atoms with Crippen molar-refractivity contribution < 1.29 is 20.4 Å². The minimum atomic E-state index is -0.576. The fourth-order valence-electron chi connectivity index (χ4n) is 4.96. The van der Waals surface area contributed by atoms with Gasteiger partial charge >= 0.3 is 0 Å². The molecule has 31 heavy (non-hydrogen) atoms. The monoisotopic (exact) mass is 444 g/mol. The van der Waals surface area contributed by atoms with E-state index >= 15 is 0 Å². The molecular weight excluding hydrogens is 400 g/mol. The van der Waals surface area contributed by atoms with Crippen LogP contribution in [0.15, 0.2) is 0 Å². The molecule has 2 unspecified atom stereocenters. The highest BCUT2D eigenvalue weighted by Crippen LogP contribution is 2.14. The van der Waals surface area contributed by atoms with Crippen molar-refractivity contribution in [3.63, 3.8) is 0 Å². The first-order valence-corrected chi connectivity index (χ1v) is 12.0. The lowest BCUT2D eigenvalue weighted by Gasteiger charge is -2.46. The number of fused-ring (bicyclic) bond motifs is 7. The molecule has 5 N–H and O–H groups in total. The molecule has 10 nitrogen and oxygen atoms in total. The number of hydrogen-bond acceptors (Lipinski definition) is 10. The van der Waals surface area contributed by atoms with Crippen LogP contribution in [0.2, 0.25) is 0 Å². The maximum absolute atomic E-state index is 9.39. The molecule has 0 aromatic carbocycles. The van der Waals surface area contributed by atoms with E-state index in [1.54, 1.807) is 0 Å². The molecule has 0 radical (unpaired) electrons. The molecule has 7 fully saturated rings. The Labute approximate surface area is 187 Å². The second-order valence-electron chi connectivity index (χ2n) is 9.32. The summed E-state index contributed by atoms with van der Waals surface area (Å²) < 4.78 is 0. The summed E-state index contributed by atoms with van der Waals surface area (Å²) in [6.07, 6.45) is -0.682. The molecule has 7 saturated heterocycles.